The van der Waals surface area contributed by atoms with E-state index in [-0.39, 0.29) is 11.5 Å². The summed E-state index contributed by atoms with van der Waals surface area (Å²) in [6, 6.07) is 17.7. The summed E-state index contributed by atoms with van der Waals surface area (Å²) in [7, 11) is 3.83. The molecule has 7 nitrogen and oxygen atoms in total. The molecule has 0 spiro atoms. The third-order valence-corrected chi connectivity index (χ3v) is 6.21. The van der Waals surface area contributed by atoms with Crippen molar-refractivity contribution in [3.05, 3.63) is 90.1 Å². The maximum absolute atomic E-state index is 12.4. The van der Waals surface area contributed by atoms with E-state index in [0.29, 0.717) is 12.2 Å². The molecule has 0 aliphatic carbocycles. The van der Waals surface area contributed by atoms with Crippen molar-refractivity contribution >= 4 is 69.0 Å². The number of carboxylic acid groups (broad SMARTS) is 1. The Morgan fingerprint density at radius 2 is 1.70 bits per heavy atom. The maximum Gasteiger partial charge on any atom is 0.335 e. The van der Waals surface area contributed by atoms with Gasteiger partial charge in [-0.3, -0.25) is 4.79 Å². The fourth-order valence-electron chi connectivity index (χ4n) is 2.85. The molecule has 33 heavy (non-hydrogen) atoms. The minimum Gasteiger partial charge on any atom is -0.487 e. The van der Waals surface area contributed by atoms with Crippen LogP contribution in [-0.2, 0) is 6.61 Å². The van der Waals surface area contributed by atoms with Crippen LogP contribution in [0.4, 0.5) is 5.69 Å². The molecule has 0 aliphatic rings. The molecule has 0 aliphatic heterocycles. The van der Waals surface area contributed by atoms with Crippen molar-refractivity contribution in [2.75, 3.05) is 19.0 Å². The van der Waals surface area contributed by atoms with Gasteiger partial charge in [-0.25, -0.2) is 10.2 Å². The molecule has 3 aromatic carbocycles. The number of hydrazone groups is 1. The fraction of sp³-hybridized carbons (Fsp3) is 0.125. The highest BCUT2D eigenvalue weighted by Gasteiger charge is 2.10. The lowest BCUT2D eigenvalue weighted by Gasteiger charge is -2.13. The molecule has 0 atom stereocenters. The normalized spacial score (nSPS) is 10.8. The quantitative estimate of drug-likeness (QED) is 0.200. The van der Waals surface area contributed by atoms with Crippen molar-refractivity contribution in [2.45, 2.75) is 6.61 Å². The van der Waals surface area contributed by atoms with Gasteiger partial charge in [-0.05, 0) is 98.8 Å². The second-order valence-corrected chi connectivity index (χ2v) is 9.57. The Hall–Kier alpha value is -2.67. The SMILES string of the molecule is CN(C)c1cccc(C(=O)N/N=C\c2cc(I)c(OCc3ccc(C(=O)O)cc3)c(I)c2)c1. The van der Waals surface area contributed by atoms with Crippen molar-refractivity contribution in [2.24, 2.45) is 5.10 Å². The number of hydrogen-bond acceptors (Lipinski definition) is 5. The van der Waals surface area contributed by atoms with Crippen LogP contribution < -0.4 is 15.1 Å². The lowest BCUT2D eigenvalue weighted by Crippen LogP contribution is -2.18. The van der Waals surface area contributed by atoms with Crippen LogP contribution in [0, 0.1) is 7.14 Å². The molecule has 3 aromatic rings. The number of rotatable bonds is 8. The molecule has 1 amide bonds. The van der Waals surface area contributed by atoms with Crippen molar-refractivity contribution in [1.29, 1.82) is 0 Å². The Morgan fingerprint density at radius 3 is 2.30 bits per heavy atom. The predicted molar refractivity (Wildman–Crippen MR) is 145 cm³/mol. The number of carboxylic acids is 1. The third-order valence-electron chi connectivity index (χ3n) is 4.61. The fourth-order valence-corrected chi connectivity index (χ4v) is 4.97. The Balaban J connectivity index is 1.63. The predicted octanol–water partition coefficient (Wildman–Crippen LogP) is 5.00. The minimum atomic E-state index is -0.956. The summed E-state index contributed by atoms with van der Waals surface area (Å²) in [4.78, 5) is 25.3. The Morgan fingerprint density at radius 1 is 1.03 bits per heavy atom. The van der Waals surface area contributed by atoms with Crippen LogP contribution in [0.15, 0.2) is 65.8 Å². The van der Waals surface area contributed by atoms with Gasteiger partial charge >= 0.3 is 5.97 Å². The number of ether oxygens (including phenoxy) is 1. The van der Waals surface area contributed by atoms with E-state index in [9.17, 15) is 9.59 Å². The smallest absolute Gasteiger partial charge is 0.335 e. The zero-order chi connectivity index (χ0) is 24.0. The van der Waals surface area contributed by atoms with E-state index in [1.165, 1.54) is 0 Å². The van der Waals surface area contributed by atoms with Gasteiger partial charge in [0.2, 0.25) is 0 Å². The van der Waals surface area contributed by atoms with Gasteiger partial charge in [0.1, 0.15) is 12.4 Å². The number of nitrogens with one attached hydrogen (secondary N) is 1. The number of amides is 1. The number of anilines is 1. The molecule has 0 heterocycles. The molecule has 170 valence electrons. The molecule has 2 N–H and O–H groups in total. The molecule has 0 aromatic heterocycles. The van der Waals surface area contributed by atoms with Gasteiger partial charge in [0.25, 0.3) is 5.91 Å². The zero-order valence-corrected chi connectivity index (χ0v) is 22.2. The molecule has 9 heteroatoms. The Labute approximate surface area is 219 Å². The molecule has 0 unspecified atom stereocenters. The van der Waals surface area contributed by atoms with Crippen molar-refractivity contribution < 1.29 is 19.4 Å². The standard InChI is InChI=1S/C24H21I2N3O4/c1-29(2)19-5-3-4-18(12-19)23(30)28-27-13-16-10-20(25)22(21(26)11-16)33-14-15-6-8-17(9-7-15)24(31)32/h3-13H,14H2,1-2H3,(H,28,30)(H,31,32)/b27-13-. The van der Waals surface area contributed by atoms with Crippen molar-refractivity contribution in [3.63, 3.8) is 0 Å². The van der Waals surface area contributed by atoms with Gasteiger partial charge < -0.3 is 14.7 Å². The maximum atomic E-state index is 12.4. The summed E-state index contributed by atoms with van der Waals surface area (Å²) < 4.78 is 7.75. The second kappa shape index (κ2) is 11.5. The highest BCUT2D eigenvalue weighted by molar-refractivity contribution is 14.1. The molecule has 0 fully saturated rings. The van der Waals surface area contributed by atoms with E-state index >= 15 is 0 Å². The van der Waals surface area contributed by atoms with Gasteiger partial charge in [0, 0.05) is 25.3 Å². The number of hydrogen-bond donors (Lipinski definition) is 2. The van der Waals surface area contributed by atoms with E-state index in [1.54, 1.807) is 42.6 Å². The molecule has 0 radical (unpaired) electrons. The summed E-state index contributed by atoms with van der Waals surface area (Å²) in [6.07, 6.45) is 1.59. The summed E-state index contributed by atoms with van der Waals surface area (Å²) in [6.45, 7) is 0.321. The number of nitrogens with zero attached hydrogens (tertiary/aromatic N) is 2. The largest absolute Gasteiger partial charge is 0.487 e. The minimum absolute atomic E-state index is 0.240. The summed E-state index contributed by atoms with van der Waals surface area (Å²) in [5.74, 6) is -0.504. The summed E-state index contributed by atoms with van der Waals surface area (Å²) >= 11 is 4.38. The number of halogens is 2. The first-order valence-electron chi connectivity index (χ1n) is 9.79. The van der Waals surface area contributed by atoms with Gasteiger partial charge in [0.05, 0.1) is 18.9 Å². The van der Waals surface area contributed by atoms with Gasteiger partial charge in [0.15, 0.2) is 0 Å². The van der Waals surface area contributed by atoms with Crippen LogP contribution in [0.3, 0.4) is 0 Å². The number of carbonyl (C=O) groups is 2. The molecular formula is C24H21I2N3O4. The van der Waals surface area contributed by atoms with Crippen LogP contribution in [0.2, 0.25) is 0 Å². The van der Waals surface area contributed by atoms with Gasteiger partial charge in [-0.15, -0.1) is 0 Å². The van der Waals surface area contributed by atoms with Crippen LogP contribution in [0.5, 0.6) is 5.75 Å². The lowest BCUT2D eigenvalue weighted by atomic mass is 10.1. The first-order valence-corrected chi connectivity index (χ1v) is 11.9. The Bertz CT molecular complexity index is 1170. The van der Waals surface area contributed by atoms with Crippen LogP contribution in [-0.4, -0.2) is 37.3 Å². The average molecular weight is 669 g/mol. The van der Waals surface area contributed by atoms with Gasteiger partial charge in [-0.2, -0.15) is 5.10 Å². The highest BCUT2D eigenvalue weighted by Crippen LogP contribution is 2.29. The molecule has 0 saturated heterocycles. The summed E-state index contributed by atoms with van der Waals surface area (Å²) in [5.41, 5.74) is 5.96. The van der Waals surface area contributed by atoms with E-state index < -0.39 is 5.97 Å². The number of benzene rings is 3. The van der Waals surface area contributed by atoms with Crippen LogP contribution in [0.25, 0.3) is 0 Å². The van der Waals surface area contributed by atoms with Crippen LogP contribution in [0.1, 0.15) is 31.8 Å². The molecular weight excluding hydrogens is 648 g/mol. The van der Waals surface area contributed by atoms with E-state index in [2.05, 4.69) is 55.7 Å². The van der Waals surface area contributed by atoms with Crippen molar-refractivity contribution in [3.8, 4) is 5.75 Å². The first-order chi connectivity index (χ1) is 15.7. The van der Waals surface area contributed by atoms with Gasteiger partial charge in [-0.1, -0.05) is 18.2 Å². The molecule has 0 saturated carbocycles. The number of carbonyl (C=O) groups excluding carboxylic acids is 1. The summed E-state index contributed by atoms with van der Waals surface area (Å²) in [5, 5.41) is 13.1. The Kier molecular flexibility index (Phi) is 8.67. The van der Waals surface area contributed by atoms with Crippen molar-refractivity contribution in [1.82, 2.24) is 5.43 Å². The first kappa shape index (κ1) is 25.0. The zero-order valence-electron chi connectivity index (χ0n) is 17.9. The average Bonchev–Trinajstić information content (AvgIpc) is 2.78. The lowest BCUT2D eigenvalue weighted by molar-refractivity contribution is 0.0696. The second-order valence-electron chi connectivity index (χ2n) is 7.25. The topological polar surface area (TPSA) is 91.2 Å². The van der Waals surface area contributed by atoms with E-state index in [1.807, 2.05) is 43.3 Å². The highest BCUT2D eigenvalue weighted by atomic mass is 127. The van der Waals surface area contributed by atoms with Crippen LogP contribution >= 0.6 is 45.2 Å². The van der Waals surface area contributed by atoms with E-state index in [4.69, 9.17) is 9.84 Å². The molecule has 3 rings (SSSR count). The monoisotopic (exact) mass is 669 g/mol. The number of aromatic carboxylic acids is 1. The van der Waals surface area contributed by atoms with E-state index in [0.717, 1.165) is 29.7 Å². The molecule has 0 bridgehead atoms. The third kappa shape index (κ3) is 6.90.